The second kappa shape index (κ2) is 5.99. The number of hydrogen-bond acceptors (Lipinski definition) is 4. The van der Waals surface area contributed by atoms with E-state index in [1.165, 1.54) is 0 Å². The largest absolute Gasteiger partial charge is 0.323 e. The third-order valence-corrected chi connectivity index (χ3v) is 4.45. The van der Waals surface area contributed by atoms with Gasteiger partial charge in [0.25, 0.3) is 0 Å². The van der Waals surface area contributed by atoms with Gasteiger partial charge in [-0.2, -0.15) is 11.8 Å². The molecule has 1 atom stereocenters. The predicted octanol–water partition coefficient (Wildman–Crippen LogP) is 2.53. The molecule has 0 aliphatic carbocycles. The van der Waals surface area contributed by atoms with E-state index in [1.807, 2.05) is 18.2 Å². The SMILES string of the molecule is O=C(Nc1cc(Cl)cc2cccnc12)C1CSCCN1. The van der Waals surface area contributed by atoms with Crippen LogP contribution in [0.25, 0.3) is 10.9 Å². The topological polar surface area (TPSA) is 54.0 Å². The highest BCUT2D eigenvalue weighted by atomic mass is 35.5. The van der Waals surface area contributed by atoms with Gasteiger partial charge in [-0.05, 0) is 18.2 Å². The van der Waals surface area contributed by atoms with Crippen molar-refractivity contribution < 1.29 is 4.79 Å². The molecule has 1 aromatic carbocycles. The van der Waals surface area contributed by atoms with Crippen molar-refractivity contribution >= 4 is 45.9 Å². The molecule has 1 aliphatic heterocycles. The van der Waals surface area contributed by atoms with Crippen molar-refractivity contribution in [3.63, 3.8) is 0 Å². The lowest BCUT2D eigenvalue weighted by atomic mass is 10.2. The highest BCUT2D eigenvalue weighted by Crippen LogP contribution is 2.26. The average molecular weight is 308 g/mol. The number of benzene rings is 1. The van der Waals surface area contributed by atoms with Crippen LogP contribution in [0.2, 0.25) is 5.02 Å². The molecular formula is C14H14ClN3OS. The summed E-state index contributed by atoms with van der Waals surface area (Å²) in [7, 11) is 0. The second-order valence-electron chi connectivity index (χ2n) is 4.60. The molecule has 6 heteroatoms. The maximum atomic E-state index is 12.3. The van der Waals surface area contributed by atoms with Gasteiger partial charge in [0.15, 0.2) is 0 Å². The van der Waals surface area contributed by atoms with Crippen molar-refractivity contribution in [3.05, 3.63) is 35.5 Å². The van der Waals surface area contributed by atoms with E-state index >= 15 is 0 Å². The van der Waals surface area contributed by atoms with Crippen LogP contribution >= 0.6 is 23.4 Å². The number of thioether (sulfide) groups is 1. The molecule has 1 aliphatic rings. The van der Waals surface area contributed by atoms with Crippen molar-refractivity contribution in [2.24, 2.45) is 0 Å². The van der Waals surface area contributed by atoms with Crippen molar-refractivity contribution in [1.82, 2.24) is 10.3 Å². The normalized spacial score (nSPS) is 18.9. The zero-order valence-electron chi connectivity index (χ0n) is 10.7. The number of carbonyl (C=O) groups excluding carboxylic acids is 1. The van der Waals surface area contributed by atoms with Crippen LogP contribution < -0.4 is 10.6 Å². The Labute approximate surface area is 126 Å². The number of pyridine rings is 1. The summed E-state index contributed by atoms with van der Waals surface area (Å²) < 4.78 is 0. The molecule has 0 bridgehead atoms. The van der Waals surface area contributed by atoms with Crippen LogP contribution in [0.15, 0.2) is 30.5 Å². The van der Waals surface area contributed by atoms with Crippen LogP contribution in [0, 0.1) is 0 Å². The van der Waals surface area contributed by atoms with Gasteiger partial charge in [0, 0.05) is 34.7 Å². The zero-order chi connectivity index (χ0) is 13.9. The molecule has 104 valence electrons. The monoisotopic (exact) mass is 307 g/mol. The van der Waals surface area contributed by atoms with E-state index in [4.69, 9.17) is 11.6 Å². The van der Waals surface area contributed by atoms with E-state index in [-0.39, 0.29) is 11.9 Å². The molecule has 0 spiro atoms. The van der Waals surface area contributed by atoms with Gasteiger partial charge in [-0.1, -0.05) is 17.7 Å². The Morgan fingerprint density at radius 3 is 3.20 bits per heavy atom. The Balaban J connectivity index is 1.88. The Morgan fingerprint density at radius 1 is 1.50 bits per heavy atom. The van der Waals surface area contributed by atoms with E-state index in [2.05, 4.69) is 15.6 Å². The molecule has 2 N–H and O–H groups in total. The number of hydrogen-bond donors (Lipinski definition) is 2. The number of rotatable bonds is 2. The van der Waals surface area contributed by atoms with Crippen LogP contribution in [0.1, 0.15) is 0 Å². The number of nitrogens with one attached hydrogen (secondary N) is 2. The first-order valence-electron chi connectivity index (χ1n) is 6.40. The quantitative estimate of drug-likeness (QED) is 0.895. The first kappa shape index (κ1) is 13.7. The molecule has 1 unspecified atom stereocenters. The van der Waals surface area contributed by atoms with Gasteiger partial charge in [-0.25, -0.2) is 0 Å². The van der Waals surface area contributed by atoms with E-state index in [1.54, 1.807) is 24.0 Å². The summed E-state index contributed by atoms with van der Waals surface area (Å²) in [6.45, 7) is 0.858. The van der Waals surface area contributed by atoms with Crippen molar-refractivity contribution in [2.45, 2.75) is 6.04 Å². The first-order valence-corrected chi connectivity index (χ1v) is 7.93. The highest BCUT2D eigenvalue weighted by Gasteiger charge is 2.21. The van der Waals surface area contributed by atoms with Crippen LogP contribution in [0.5, 0.6) is 0 Å². The molecule has 0 radical (unpaired) electrons. The van der Waals surface area contributed by atoms with E-state index in [0.717, 1.165) is 29.0 Å². The Morgan fingerprint density at radius 2 is 2.40 bits per heavy atom. The zero-order valence-corrected chi connectivity index (χ0v) is 12.3. The van der Waals surface area contributed by atoms with Gasteiger partial charge in [-0.3, -0.25) is 9.78 Å². The maximum absolute atomic E-state index is 12.3. The molecule has 0 saturated carbocycles. The number of amides is 1. The number of fused-ring (bicyclic) bond motifs is 1. The molecule has 20 heavy (non-hydrogen) atoms. The lowest BCUT2D eigenvalue weighted by Crippen LogP contribution is -2.46. The minimum absolute atomic E-state index is 0.0357. The fraction of sp³-hybridized carbons (Fsp3) is 0.286. The van der Waals surface area contributed by atoms with Crippen molar-refractivity contribution in [3.8, 4) is 0 Å². The van der Waals surface area contributed by atoms with E-state index < -0.39 is 0 Å². The number of halogens is 1. The summed E-state index contributed by atoms with van der Waals surface area (Å²) in [4.78, 5) is 16.6. The molecule has 1 saturated heterocycles. The van der Waals surface area contributed by atoms with Crippen molar-refractivity contribution in [2.75, 3.05) is 23.4 Å². The Bertz CT molecular complexity index is 643. The molecule has 2 heterocycles. The van der Waals surface area contributed by atoms with Gasteiger partial charge >= 0.3 is 0 Å². The van der Waals surface area contributed by atoms with Gasteiger partial charge < -0.3 is 10.6 Å². The molecular weight excluding hydrogens is 294 g/mol. The maximum Gasteiger partial charge on any atom is 0.242 e. The van der Waals surface area contributed by atoms with Crippen LogP contribution in [0.3, 0.4) is 0 Å². The highest BCUT2D eigenvalue weighted by molar-refractivity contribution is 7.99. The van der Waals surface area contributed by atoms with E-state index in [0.29, 0.717) is 10.7 Å². The Hall–Kier alpha value is -1.30. The lowest BCUT2D eigenvalue weighted by molar-refractivity contribution is -0.117. The van der Waals surface area contributed by atoms with E-state index in [9.17, 15) is 4.79 Å². The minimum atomic E-state index is -0.161. The van der Waals surface area contributed by atoms with Crippen LogP contribution in [-0.4, -0.2) is 35.0 Å². The summed E-state index contributed by atoms with van der Waals surface area (Å²) in [5.41, 5.74) is 1.42. The summed E-state index contributed by atoms with van der Waals surface area (Å²) in [6, 6.07) is 7.20. The third-order valence-electron chi connectivity index (χ3n) is 3.17. The summed E-state index contributed by atoms with van der Waals surface area (Å²) in [5, 5.41) is 7.66. The molecule has 1 aromatic heterocycles. The van der Waals surface area contributed by atoms with Gasteiger partial charge in [0.05, 0.1) is 17.2 Å². The minimum Gasteiger partial charge on any atom is -0.323 e. The molecule has 3 rings (SSSR count). The fourth-order valence-corrected chi connectivity index (χ4v) is 3.37. The number of aromatic nitrogens is 1. The second-order valence-corrected chi connectivity index (χ2v) is 6.19. The standard InChI is InChI=1S/C14H14ClN3OS/c15-10-6-9-2-1-3-17-13(9)11(7-10)18-14(19)12-8-20-5-4-16-12/h1-3,6-7,12,16H,4-5,8H2,(H,18,19). The smallest absolute Gasteiger partial charge is 0.242 e. The first-order chi connectivity index (χ1) is 9.74. The van der Waals surface area contributed by atoms with Gasteiger partial charge in [-0.15, -0.1) is 0 Å². The van der Waals surface area contributed by atoms with Crippen LogP contribution in [-0.2, 0) is 4.79 Å². The summed E-state index contributed by atoms with van der Waals surface area (Å²) in [6.07, 6.45) is 1.71. The average Bonchev–Trinajstić information content (AvgIpc) is 2.48. The third kappa shape index (κ3) is 2.90. The lowest BCUT2D eigenvalue weighted by Gasteiger charge is -2.22. The number of anilines is 1. The molecule has 2 aromatic rings. The Kier molecular flexibility index (Phi) is 4.10. The molecule has 1 amide bonds. The van der Waals surface area contributed by atoms with Gasteiger partial charge in [0.2, 0.25) is 5.91 Å². The molecule has 1 fully saturated rings. The summed E-state index contributed by atoms with van der Waals surface area (Å²) >= 11 is 7.88. The fourth-order valence-electron chi connectivity index (χ4n) is 2.20. The number of carbonyl (C=O) groups is 1. The summed E-state index contributed by atoms with van der Waals surface area (Å²) in [5.74, 6) is 1.80. The molecule has 4 nitrogen and oxygen atoms in total. The number of nitrogens with zero attached hydrogens (tertiary/aromatic N) is 1. The van der Waals surface area contributed by atoms with Crippen LogP contribution in [0.4, 0.5) is 5.69 Å². The predicted molar refractivity (Wildman–Crippen MR) is 84.5 cm³/mol. The van der Waals surface area contributed by atoms with Crippen molar-refractivity contribution in [1.29, 1.82) is 0 Å². The van der Waals surface area contributed by atoms with Gasteiger partial charge in [0.1, 0.15) is 0 Å².